The quantitative estimate of drug-likeness (QED) is 0.263. The zero-order valence-electron chi connectivity index (χ0n) is 18.1. The molecule has 1 amide bonds. The van der Waals surface area contributed by atoms with Crippen LogP contribution in [-0.4, -0.2) is 33.4 Å². The number of amides is 1. The number of carbonyl (C=O) groups excluding carboxylic acids is 1. The number of hydrogen-bond donors (Lipinski definition) is 1. The zero-order chi connectivity index (χ0) is 23.3. The molecule has 0 spiro atoms. The summed E-state index contributed by atoms with van der Waals surface area (Å²) in [5, 5.41) is 3.07. The first kappa shape index (κ1) is 24.2. The Hall–Kier alpha value is -2.42. The van der Waals surface area contributed by atoms with Gasteiger partial charge in [0.1, 0.15) is 5.82 Å². The van der Waals surface area contributed by atoms with E-state index in [1.165, 1.54) is 30.0 Å². The van der Waals surface area contributed by atoms with Crippen molar-refractivity contribution in [2.45, 2.75) is 50.2 Å². The Morgan fingerprint density at radius 2 is 2.00 bits per heavy atom. The highest BCUT2D eigenvalue weighted by atomic mass is 35.5. The third kappa shape index (κ3) is 6.09. The molecule has 0 aliphatic rings. The van der Waals surface area contributed by atoms with E-state index in [0.29, 0.717) is 41.3 Å². The van der Waals surface area contributed by atoms with Crippen LogP contribution < -0.4 is 10.9 Å². The number of ether oxygens (including phenoxy) is 1. The molecule has 0 radical (unpaired) electrons. The maximum Gasteiger partial charge on any atom is 0.262 e. The second-order valence-electron chi connectivity index (χ2n) is 7.52. The molecule has 3 aromatic rings. The van der Waals surface area contributed by atoms with Crippen LogP contribution in [0.2, 0.25) is 5.02 Å². The van der Waals surface area contributed by atoms with Gasteiger partial charge in [-0.25, -0.2) is 9.37 Å². The third-order valence-electron chi connectivity index (χ3n) is 4.64. The molecule has 1 atom stereocenters. The fourth-order valence-corrected chi connectivity index (χ4v) is 4.12. The van der Waals surface area contributed by atoms with E-state index in [-0.39, 0.29) is 22.6 Å². The molecule has 0 aliphatic carbocycles. The van der Waals surface area contributed by atoms with Crippen molar-refractivity contribution in [3.8, 4) is 0 Å². The molecule has 2 aromatic carbocycles. The minimum absolute atomic E-state index is 0.0724. The molecule has 0 aliphatic heterocycles. The van der Waals surface area contributed by atoms with Crippen molar-refractivity contribution in [1.82, 2.24) is 9.55 Å². The van der Waals surface area contributed by atoms with Crippen molar-refractivity contribution in [3.05, 3.63) is 63.7 Å². The number of fused-ring (bicyclic) bond motifs is 1. The number of benzene rings is 2. The summed E-state index contributed by atoms with van der Waals surface area (Å²) >= 11 is 6.98. The van der Waals surface area contributed by atoms with Gasteiger partial charge in [0.25, 0.3) is 5.56 Å². The zero-order valence-corrected chi connectivity index (χ0v) is 19.7. The summed E-state index contributed by atoms with van der Waals surface area (Å²) in [6.45, 7) is 6.58. The first-order valence-electron chi connectivity index (χ1n) is 10.3. The number of anilines is 1. The van der Waals surface area contributed by atoms with Gasteiger partial charge >= 0.3 is 0 Å². The topological polar surface area (TPSA) is 73.2 Å². The average molecular weight is 478 g/mol. The van der Waals surface area contributed by atoms with Crippen molar-refractivity contribution in [3.63, 3.8) is 0 Å². The summed E-state index contributed by atoms with van der Waals surface area (Å²) in [5.41, 5.74) is 0.816. The highest BCUT2D eigenvalue weighted by molar-refractivity contribution is 8.00. The first-order valence-corrected chi connectivity index (χ1v) is 11.6. The molecular weight excluding hydrogens is 453 g/mol. The molecule has 0 saturated heterocycles. The normalized spacial score (nSPS) is 12.3. The largest absolute Gasteiger partial charge is 0.379 e. The van der Waals surface area contributed by atoms with Crippen LogP contribution in [0.5, 0.6) is 0 Å². The molecule has 0 fully saturated rings. The van der Waals surface area contributed by atoms with Crippen LogP contribution in [-0.2, 0) is 16.1 Å². The maximum atomic E-state index is 13.4. The van der Waals surface area contributed by atoms with E-state index in [1.54, 1.807) is 29.7 Å². The predicted molar refractivity (Wildman–Crippen MR) is 127 cm³/mol. The van der Waals surface area contributed by atoms with E-state index in [4.69, 9.17) is 16.3 Å². The van der Waals surface area contributed by atoms with Crippen molar-refractivity contribution < 1.29 is 13.9 Å². The Labute approximate surface area is 195 Å². The summed E-state index contributed by atoms with van der Waals surface area (Å²) in [7, 11) is 0. The van der Waals surface area contributed by atoms with Gasteiger partial charge in [0.05, 0.1) is 27.3 Å². The fraction of sp³-hybridized carbons (Fsp3) is 0.348. The van der Waals surface area contributed by atoms with Gasteiger partial charge in [0.2, 0.25) is 5.91 Å². The monoisotopic (exact) mass is 477 g/mol. The standard InChI is InChI=1S/C23H25ClFN3O3S/c1-14(2)31-12-6-11-28-22(30)17-7-4-5-8-20(17)27-23(28)32-15(3)21(29)26-16-9-10-19(25)18(24)13-16/h4-5,7-10,13-15H,6,11-12H2,1-3H3,(H,26,29). The van der Waals surface area contributed by atoms with Gasteiger partial charge in [-0.1, -0.05) is 35.5 Å². The van der Waals surface area contributed by atoms with Gasteiger partial charge in [-0.15, -0.1) is 0 Å². The lowest BCUT2D eigenvalue weighted by Crippen LogP contribution is -2.27. The van der Waals surface area contributed by atoms with E-state index in [9.17, 15) is 14.0 Å². The van der Waals surface area contributed by atoms with E-state index in [0.717, 1.165) is 0 Å². The summed E-state index contributed by atoms with van der Waals surface area (Å²) in [6, 6.07) is 11.1. The maximum absolute atomic E-state index is 13.4. The van der Waals surface area contributed by atoms with Crippen LogP contribution in [0.1, 0.15) is 27.2 Å². The number of nitrogens with one attached hydrogen (secondary N) is 1. The summed E-state index contributed by atoms with van der Waals surface area (Å²) in [6.07, 6.45) is 0.749. The lowest BCUT2D eigenvalue weighted by atomic mass is 10.2. The Morgan fingerprint density at radius 1 is 1.25 bits per heavy atom. The highest BCUT2D eigenvalue weighted by Gasteiger charge is 2.20. The van der Waals surface area contributed by atoms with Crippen LogP contribution in [0.15, 0.2) is 52.4 Å². The van der Waals surface area contributed by atoms with Crippen LogP contribution in [0.3, 0.4) is 0 Å². The summed E-state index contributed by atoms with van der Waals surface area (Å²) in [5.74, 6) is -0.868. The lowest BCUT2D eigenvalue weighted by Gasteiger charge is -2.17. The van der Waals surface area contributed by atoms with Crippen molar-refractivity contribution in [1.29, 1.82) is 0 Å². The second-order valence-corrected chi connectivity index (χ2v) is 9.23. The number of carbonyl (C=O) groups is 1. The predicted octanol–water partition coefficient (Wildman–Crippen LogP) is 5.12. The number of aromatic nitrogens is 2. The molecule has 9 heteroatoms. The first-order chi connectivity index (χ1) is 15.3. The van der Waals surface area contributed by atoms with Crippen molar-refractivity contribution in [2.75, 3.05) is 11.9 Å². The fourth-order valence-electron chi connectivity index (χ4n) is 3.01. The lowest BCUT2D eigenvalue weighted by molar-refractivity contribution is -0.115. The minimum Gasteiger partial charge on any atom is -0.379 e. The molecule has 0 bridgehead atoms. The molecule has 0 saturated carbocycles. The molecule has 3 rings (SSSR count). The number of halogens is 2. The summed E-state index contributed by atoms with van der Waals surface area (Å²) < 4.78 is 20.5. The second kappa shape index (κ2) is 10.9. The Kier molecular flexibility index (Phi) is 8.28. The van der Waals surface area contributed by atoms with E-state index >= 15 is 0 Å². The smallest absolute Gasteiger partial charge is 0.262 e. The van der Waals surface area contributed by atoms with Crippen molar-refractivity contribution >= 4 is 45.9 Å². The SMILES string of the molecule is CC(C)OCCCn1c(SC(C)C(=O)Nc2ccc(F)c(Cl)c2)nc2ccccc2c1=O. The van der Waals surface area contributed by atoms with Crippen LogP contribution in [0.25, 0.3) is 10.9 Å². The van der Waals surface area contributed by atoms with E-state index in [1.807, 2.05) is 19.9 Å². The van der Waals surface area contributed by atoms with E-state index < -0.39 is 11.1 Å². The van der Waals surface area contributed by atoms with Crippen LogP contribution in [0, 0.1) is 5.82 Å². The Bertz CT molecular complexity index is 1170. The molecular formula is C23H25ClFN3O3S. The number of thioether (sulfide) groups is 1. The Morgan fingerprint density at radius 3 is 2.72 bits per heavy atom. The molecule has 1 aromatic heterocycles. The molecule has 170 valence electrons. The molecule has 1 N–H and O–H groups in total. The highest BCUT2D eigenvalue weighted by Crippen LogP contribution is 2.25. The molecule has 32 heavy (non-hydrogen) atoms. The van der Waals surface area contributed by atoms with Gasteiger partial charge in [0.15, 0.2) is 5.16 Å². The number of hydrogen-bond acceptors (Lipinski definition) is 5. The number of para-hydroxylation sites is 1. The third-order valence-corrected chi connectivity index (χ3v) is 6.02. The number of rotatable bonds is 9. The minimum atomic E-state index is -0.565. The summed E-state index contributed by atoms with van der Waals surface area (Å²) in [4.78, 5) is 30.5. The van der Waals surface area contributed by atoms with Crippen LogP contribution in [0.4, 0.5) is 10.1 Å². The van der Waals surface area contributed by atoms with Crippen LogP contribution >= 0.6 is 23.4 Å². The molecule has 1 unspecified atom stereocenters. The van der Waals surface area contributed by atoms with E-state index in [2.05, 4.69) is 10.3 Å². The van der Waals surface area contributed by atoms with Gasteiger partial charge in [-0.05, 0) is 57.5 Å². The average Bonchev–Trinajstić information content (AvgIpc) is 2.75. The van der Waals surface area contributed by atoms with Gasteiger partial charge in [-0.2, -0.15) is 0 Å². The van der Waals surface area contributed by atoms with Gasteiger partial charge < -0.3 is 10.1 Å². The number of nitrogens with zero attached hydrogens (tertiary/aromatic N) is 2. The molecule has 1 heterocycles. The van der Waals surface area contributed by atoms with Gasteiger partial charge in [-0.3, -0.25) is 14.2 Å². The van der Waals surface area contributed by atoms with Crippen molar-refractivity contribution in [2.24, 2.45) is 0 Å². The Balaban J connectivity index is 1.81. The van der Waals surface area contributed by atoms with Gasteiger partial charge in [0, 0.05) is 18.8 Å². The molecule has 6 nitrogen and oxygen atoms in total.